The van der Waals surface area contributed by atoms with E-state index in [2.05, 4.69) is 36.7 Å². The topological polar surface area (TPSA) is 32.3 Å². The number of anilines is 1. The zero-order valence-electron chi connectivity index (χ0n) is 12.9. The van der Waals surface area contributed by atoms with E-state index in [4.69, 9.17) is 0 Å². The molecule has 22 heavy (non-hydrogen) atoms. The second-order valence-corrected chi connectivity index (χ2v) is 5.36. The Labute approximate surface area is 132 Å². The summed E-state index contributed by atoms with van der Waals surface area (Å²) in [6.45, 7) is 8.45. The quantitative estimate of drug-likeness (QED) is 0.713. The number of nitrogens with one attached hydrogen (secondary N) is 1. The third-order valence-electron chi connectivity index (χ3n) is 3.48. The molecule has 2 N–H and O–H groups in total. The normalized spacial score (nSPS) is 10.2. The molecule has 0 spiro atoms. The summed E-state index contributed by atoms with van der Waals surface area (Å²) in [6, 6.07) is 14.5. The van der Waals surface area contributed by atoms with E-state index >= 15 is 0 Å². The van der Waals surface area contributed by atoms with Crippen LogP contribution in [0.3, 0.4) is 0 Å². The zero-order chi connectivity index (χ0) is 15.8. The number of rotatable bonds is 8. The van der Waals surface area contributed by atoms with E-state index in [1.807, 2.05) is 36.4 Å². The highest BCUT2D eigenvalue weighted by Crippen LogP contribution is 2.16. The first-order chi connectivity index (χ1) is 10.7. The molecule has 2 heteroatoms. The number of hydrogen-bond donors (Lipinski definition) is 2. The molecule has 0 bridgehead atoms. The Hall–Kier alpha value is -2.32. The molecule has 0 fully saturated rings. The molecule has 0 aliphatic rings. The summed E-state index contributed by atoms with van der Waals surface area (Å²) in [5.41, 5.74) is 5.72. The van der Waals surface area contributed by atoms with Crippen molar-refractivity contribution in [3.63, 3.8) is 0 Å². The molecular weight excluding hydrogens is 270 g/mol. The predicted octanol–water partition coefficient (Wildman–Crippen LogP) is 4.25. The van der Waals surface area contributed by atoms with Crippen molar-refractivity contribution >= 4 is 5.69 Å². The van der Waals surface area contributed by atoms with E-state index in [-0.39, 0.29) is 6.61 Å². The highest BCUT2D eigenvalue weighted by atomic mass is 16.3. The van der Waals surface area contributed by atoms with Gasteiger partial charge in [0.05, 0.1) is 6.61 Å². The minimum Gasteiger partial charge on any atom is -0.392 e. The van der Waals surface area contributed by atoms with Gasteiger partial charge in [-0.2, -0.15) is 0 Å². The molecule has 0 atom stereocenters. The summed E-state index contributed by atoms with van der Waals surface area (Å²) in [6.07, 6.45) is 5.60. The lowest BCUT2D eigenvalue weighted by atomic mass is 10.0. The summed E-state index contributed by atoms with van der Waals surface area (Å²) in [4.78, 5) is 0. The Balaban J connectivity index is 2.13. The molecule has 0 unspecified atom stereocenters. The Morgan fingerprint density at radius 1 is 0.864 bits per heavy atom. The highest BCUT2D eigenvalue weighted by Gasteiger charge is 2.01. The van der Waals surface area contributed by atoms with Crippen LogP contribution in [0.5, 0.6) is 0 Å². The lowest BCUT2D eigenvalue weighted by molar-refractivity contribution is 0.282. The van der Waals surface area contributed by atoms with Crippen molar-refractivity contribution in [2.45, 2.75) is 26.0 Å². The number of aliphatic hydroxyl groups excluding tert-OH is 1. The molecule has 0 saturated carbocycles. The maximum Gasteiger partial charge on any atom is 0.0682 e. The average molecular weight is 293 g/mol. The molecule has 114 valence electrons. The lowest BCUT2D eigenvalue weighted by Gasteiger charge is -2.11. The Kier molecular flexibility index (Phi) is 5.99. The van der Waals surface area contributed by atoms with Crippen LogP contribution in [0.2, 0.25) is 0 Å². The first-order valence-electron chi connectivity index (χ1n) is 7.52. The van der Waals surface area contributed by atoms with E-state index < -0.39 is 0 Å². The largest absolute Gasteiger partial charge is 0.392 e. The van der Waals surface area contributed by atoms with E-state index in [1.165, 1.54) is 16.7 Å². The van der Waals surface area contributed by atoms with Crippen LogP contribution in [0.1, 0.15) is 22.3 Å². The maximum absolute atomic E-state index is 9.19. The SMILES string of the molecule is C=CCc1cc(CC=C)cc(CNc2cccc(CO)c2)c1. The summed E-state index contributed by atoms with van der Waals surface area (Å²) in [7, 11) is 0. The van der Waals surface area contributed by atoms with E-state index in [0.717, 1.165) is 30.6 Å². The molecule has 2 aromatic carbocycles. The minimum absolute atomic E-state index is 0.0633. The molecule has 0 heterocycles. The first-order valence-corrected chi connectivity index (χ1v) is 7.52. The van der Waals surface area contributed by atoms with Gasteiger partial charge in [-0.3, -0.25) is 0 Å². The van der Waals surface area contributed by atoms with Crippen LogP contribution < -0.4 is 5.32 Å². The number of aliphatic hydroxyl groups is 1. The summed E-state index contributed by atoms with van der Waals surface area (Å²) in [5, 5.41) is 12.6. The van der Waals surface area contributed by atoms with E-state index in [9.17, 15) is 5.11 Å². The highest BCUT2D eigenvalue weighted by molar-refractivity contribution is 5.46. The third-order valence-corrected chi connectivity index (χ3v) is 3.48. The van der Waals surface area contributed by atoms with Gasteiger partial charge >= 0.3 is 0 Å². The van der Waals surface area contributed by atoms with Gasteiger partial charge in [0.2, 0.25) is 0 Å². The van der Waals surface area contributed by atoms with Gasteiger partial charge in [-0.05, 0) is 47.2 Å². The van der Waals surface area contributed by atoms with Gasteiger partial charge in [0.25, 0.3) is 0 Å². The van der Waals surface area contributed by atoms with Gasteiger partial charge in [0.1, 0.15) is 0 Å². The number of allylic oxidation sites excluding steroid dienone is 2. The molecule has 0 aliphatic carbocycles. The van der Waals surface area contributed by atoms with Crippen LogP contribution >= 0.6 is 0 Å². The van der Waals surface area contributed by atoms with Crippen molar-refractivity contribution in [3.05, 3.63) is 90.0 Å². The molecule has 2 nitrogen and oxygen atoms in total. The summed E-state index contributed by atoms with van der Waals surface area (Å²) in [5.74, 6) is 0. The van der Waals surface area contributed by atoms with Crippen LogP contribution in [0, 0.1) is 0 Å². The molecule has 0 radical (unpaired) electrons. The van der Waals surface area contributed by atoms with Gasteiger partial charge in [-0.1, -0.05) is 42.5 Å². The van der Waals surface area contributed by atoms with Gasteiger partial charge < -0.3 is 10.4 Å². The standard InChI is InChI=1S/C20H23NO/c1-3-6-16-10-17(7-4-2)12-19(11-16)14-21-20-9-5-8-18(13-20)15-22/h3-5,8-13,21-22H,1-2,6-7,14-15H2. The molecule has 0 aromatic heterocycles. The van der Waals surface area contributed by atoms with Crippen LogP contribution in [0.4, 0.5) is 5.69 Å². The second kappa shape index (κ2) is 8.20. The van der Waals surface area contributed by atoms with Crippen LogP contribution in [0.25, 0.3) is 0 Å². The van der Waals surface area contributed by atoms with Crippen molar-refractivity contribution in [3.8, 4) is 0 Å². The predicted molar refractivity (Wildman–Crippen MR) is 93.9 cm³/mol. The van der Waals surface area contributed by atoms with Gasteiger partial charge in [-0.15, -0.1) is 13.2 Å². The zero-order valence-corrected chi connectivity index (χ0v) is 12.9. The summed E-state index contributed by atoms with van der Waals surface area (Å²) < 4.78 is 0. The van der Waals surface area contributed by atoms with Gasteiger partial charge in [0, 0.05) is 12.2 Å². The van der Waals surface area contributed by atoms with Crippen molar-refractivity contribution in [1.29, 1.82) is 0 Å². The monoisotopic (exact) mass is 293 g/mol. The Morgan fingerprint density at radius 2 is 1.50 bits per heavy atom. The smallest absolute Gasteiger partial charge is 0.0682 e. The van der Waals surface area contributed by atoms with Crippen molar-refractivity contribution < 1.29 is 5.11 Å². The van der Waals surface area contributed by atoms with Crippen molar-refractivity contribution in [2.75, 3.05) is 5.32 Å². The Morgan fingerprint density at radius 3 is 2.09 bits per heavy atom. The first kappa shape index (κ1) is 16.1. The van der Waals surface area contributed by atoms with Crippen molar-refractivity contribution in [1.82, 2.24) is 0 Å². The fourth-order valence-electron chi connectivity index (χ4n) is 2.49. The maximum atomic E-state index is 9.19. The molecular formula is C20H23NO. The summed E-state index contributed by atoms with van der Waals surface area (Å²) >= 11 is 0. The van der Waals surface area contributed by atoms with Gasteiger partial charge in [0.15, 0.2) is 0 Å². The second-order valence-electron chi connectivity index (χ2n) is 5.36. The third kappa shape index (κ3) is 4.61. The number of benzene rings is 2. The fourth-order valence-corrected chi connectivity index (χ4v) is 2.49. The molecule has 0 saturated heterocycles. The van der Waals surface area contributed by atoms with Gasteiger partial charge in [-0.25, -0.2) is 0 Å². The van der Waals surface area contributed by atoms with E-state index in [0.29, 0.717) is 0 Å². The lowest BCUT2D eigenvalue weighted by Crippen LogP contribution is -2.02. The van der Waals surface area contributed by atoms with Crippen LogP contribution in [-0.4, -0.2) is 5.11 Å². The van der Waals surface area contributed by atoms with E-state index in [1.54, 1.807) is 0 Å². The van der Waals surface area contributed by atoms with Crippen LogP contribution in [-0.2, 0) is 26.0 Å². The minimum atomic E-state index is 0.0633. The Bertz CT molecular complexity index is 618. The molecule has 2 rings (SSSR count). The molecule has 0 amide bonds. The molecule has 0 aliphatic heterocycles. The van der Waals surface area contributed by atoms with Crippen LogP contribution in [0.15, 0.2) is 67.8 Å². The van der Waals surface area contributed by atoms with Crippen molar-refractivity contribution in [2.24, 2.45) is 0 Å². The fraction of sp³-hybridized carbons (Fsp3) is 0.200. The molecule has 2 aromatic rings. The average Bonchev–Trinajstić information content (AvgIpc) is 2.54. The number of hydrogen-bond acceptors (Lipinski definition) is 2.